The average molecular weight is 244 g/mol. The largest absolute Gasteiger partial charge is 0.352 e. The molecular formula is C12H16N6. The lowest BCUT2D eigenvalue weighted by Crippen LogP contribution is -2.30. The van der Waals surface area contributed by atoms with Crippen LogP contribution < -0.4 is 10.2 Å². The summed E-state index contributed by atoms with van der Waals surface area (Å²) in [5, 5.41) is 3.16. The summed E-state index contributed by atoms with van der Waals surface area (Å²) in [6.45, 7) is 4.49. The Morgan fingerprint density at radius 3 is 2.22 bits per heavy atom. The first-order valence-electron chi connectivity index (χ1n) is 5.93. The molecule has 18 heavy (non-hydrogen) atoms. The van der Waals surface area contributed by atoms with Gasteiger partial charge in [0.05, 0.1) is 0 Å². The van der Waals surface area contributed by atoms with Gasteiger partial charge in [0.2, 0.25) is 11.9 Å². The first-order chi connectivity index (χ1) is 8.90. The first-order valence-corrected chi connectivity index (χ1v) is 5.93. The van der Waals surface area contributed by atoms with E-state index in [9.17, 15) is 0 Å². The van der Waals surface area contributed by atoms with E-state index in [-0.39, 0.29) is 0 Å². The van der Waals surface area contributed by atoms with Crippen LogP contribution in [-0.4, -0.2) is 39.6 Å². The normalized spacial score (nSPS) is 10.1. The zero-order valence-electron chi connectivity index (χ0n) is 10.3. The van der Waals surface area contributed by atoms with Gasteiger partial charge in [-0.3, -0.25) is 0 Å². The molecule has 0 bridgehead atoms. The fourth-order valence-corrected chi connectivity index (χ4v) is 1.55. The molecule has 0 unspecified atom stereocenters. The summed E-state index contributed by atoms with van der Waals surface area (Å²) in [5.41, 5.74) is 0. The standard InChI is InChI=1S/C12H16N6/c1-2-18(12-16-7-4-8-17-12)10-9-15-11-13-5-3-6-14-11/h3-8H,2,9-10H2,1H3,(H,13,14,15). The number of aromatic nitrogens is 4. The lowest BCUT2D eigenvalue weighted by molar-refractivity contribution is 0.794. The molecule has 1 N–H and O–H groups in total. The van der Waals surface area contributed by atoms with Crippen molar-refractivity contribution in [3.8, 4) is 0 Å². The van der Waals surface area contributed by atoms with Crippen molar-refractivity contribution in [3.05, 3.63) is 36.9 Å². The minimum atomic E-state index is 0.641. The van der Waals surface area contributed by atoms with Crippen LogP contribution >= 0.6 is 0 Å². The summed E-state index contributed by atoms with van der Waals surface area (Å²) in [6.07, 6.45) is 6.93. The third kappa shape index (κ3) is 3.38. The molecule has 2 aromatic rings. The molecule has 0 fully saturated rings. The van der Waals surface area contributed by atoms with Crippen LogP contribution in [0.15, 0.2) is 36.9 Å². The van der Waals surface area contributed by atoms with Gasteiger partial charge in [-0.05, 0) is 19.1 Å². The molecule has 94 valence electrons. The van der Waals surface area contributed by atoms with E-state index in [2.05, 4.69) is 37.1 Å². The Morgan fingerprint density at radius 1 is 1.00 bits per heavy atom. The molecule has 0 saturated heterocycles. The molecule has 0 spiro atoms. The van der Waals surface area contributed by atoms with Crippen LogP contribution in [0, 0.1) is 0 Å². The molecule has 6 nitrogen and oxygen atoms in total. The lowest BCUT2D eigenvalue weighted by atomic mass is 10.5. The number of anilines is 2. The van der Waals surface area contributed by atoms with Gasteiger partial charge in [0.25, 0.3) is 0 Å². The minimum Gasteiger partial charge on any atom is -0.352 e. The molecule has 2 aromatic heterocycles. The van der Waals surface area contributed by atoms with Crippen molar-refractivity contribution >= 4 is 11.9 Å². The maximum absolute atomic E-state index is 4.23. The summed E-state index contributed by atoms with van der Waals surface area (Å²) in [7, 11) is 0. The molecule has 0 amide bonds. The van der Waals surface area contributed by atoms with E-state index in [0.717, 1.165) is 25.6 Å². The molecule has 2 heterocycles. The van der Waals surface area contributed by atoms with E-state index >= 15 is 0 Å². The van der Waals surface area contributed by atoms with Crippen molar-refractivity contribution in [3.63, 3.8) is 0 Å². The Hall–Kier alpha value is -2.24. The highest BCUT2D eigenvalue weighted by Gasteiger charge is 2.05. The number of hydrogen-bond donors (Lipinski definition) is 1. The minimum absolute atomic E-state index is 0.641. The fourth-order valence-electron chi connectivity index (χ4n) is 1.55. The second-order valence-corrected chi connectivity index (χ2v) is 3.63. The molecule has 0 aliphatic rings. The van der Waals surface area contributed by atoms with Crippen LogP contribution in [0.1, 0.15) is 6.92 Å². The fraction of sp³-hybridized carbons (Fsp3) is 0.333. The maximum Gasteiger partial charge on any atom is 0.225 e. The summed E-state index contributed by atoms with van der Waals surface area (Å²) in [5.74, 6) is 1.39. The molecule has 0 radical (unpaired) electrons. The Bertz CT molecular complexity index is 447. The van der Waals surface area contributed by atoms with Gasteiger partial charge in [0.1, 0.15) is 0 Å². The van der Waals surface area contributed by atoms with E-state index in [1.807, 2.05) is 6.07 Å². The van der Waals surface area contributed by atoms with Crippen molar-refractivity contribution in [2.45, 2.75) is 6.92 Å². The van der Waals surface area contributed by atoms with Crippen LogP contribution in [0.2, 0.25) is 0 Å². The summed E-state index contributed by atoms with van der Waals surface area (Å²) in [6, 6.07) is 3.61. The molecule has 0 aliphatic heterocycles. The van der Waals surface area contributed by atoms with Crippen molar-refractivity contribution in [1.29, 1.82) is 0 Å². The Labute approximate surface area is 106 Å². The predicted octanol–water partition coefficient (Wildman–Crippen LogP) is 1.20. The highest BCUT2D eigenvalue weighted by atomic mass is 15.3. The van der Waals surface area contributed by atoms with Crippen molar-refractivity contribution < 1.29 is 0 Å². The third-order valence-corrected chi connectivity index (χ3v) is 2.45. The topological polar surface area (TPSA) is 66.8 Å². The van der Waals surface area contributed by atoms with Crippen LogP contribution in [0.5, 0.6) is 0 Å². The smallest absolute Gasteiger partial charge is 0.225 e. The Morgan fingerprint density at radius 2 is 1.61 bits per heavy atom. The molecule has 0 aliphatic carbocycles. The van der Waals surface area contributed by atoms with Gasteiger partial charge in [0, 0.05) is 44.4 Å². The van der Waals surface area contributed by atoms with Crippen molar-refractivity contribution in [1.82, 2.24) is 19.9 Å². The number of nitrogens with zero attached hydrogens (tertiary/aromatic N) is 5. The monoisotopic (exact) mass is 244 g/mol. The lowest BCUT2D eigenvalue weighted by Gasteiger charge is -2.20. The van der Waals surface area contributed by atoms with E-state index in [0.29, 0.717) is 5.95 Å². The van der Waals surface area contributed by atoms with E-state index < -0.39 is 0 Å². The number of hydrogen-bond acceptors (Lipinski definition) is 6. The van der Waals surface area contributed by atoms with E-state index in [1.54, 1.807) is 30.9 Å². The Kier molecular flexibility index (Phi) is 4.40. The maximum atomic E-state index is 4.23. The van der Waals surface area contributed by atoms with Gasteiger partial charge in [-0.1, -0.05) is 0 Å². The second kappa shape index (κ2) is 6.48. The highest BCUT2D eigenvalue weighted by Crippen LogP contribution is 2.03. The molecule has 0 saturated carbocycles. The first kappa shape index (κ1) is 12.2. The van der Waals surface area contributed by atoms with Crippen LogP contribution in [-0.2, 0) is 0 Å². The number of rotatable bonds is 6. The third-order valence-electron chi connectivity index (χ3n) is 2.45. The quantitative estimate of drug-likeness (QED) is 0.823. The SMILES string of the molecule is CCN(CCNc1ncccn1)c1ncccn1. The molecular weight excluding hydrogens is 228 g/mol. The molecule has 6 heteroatoms. The van der Waals surface area contributed by atoms with Gasteiger partial charge in [0.15, 0.2) is 0 Å². The Balaban J connectivity index is 1.85. The van der Waals surface area contributed by atoms with Gasteiger partial charge in [-0.15, -0.1) is 0 Å². The van der Waals surface area contributed by atoms with Crippen LogP contribution in [0.4, 0.5) is 11.9 Å². The van der Waals surface area contributed by atoms with Crippen LogP contribution in [0.25, 0.3) is 0 Å². The second-order valence-electron chi connectivity index (χ2n) is 3.63. The van der Waals surface area contributed by atoms with Gasteiger partial charge in [-0.2, -0.15) is 0 Å². The summed E-state index contributed by atoms with van der Waals surface area (Å²) >= 11 is 0. The molecule has 0 aromatic carbocycles. The number of likely N-dealkylation sites (N-methyl/N-ethyl adjacent to an activating group) is 1. The van der Waals surface area contributed by atoms with Gasteiger partial charge >= 0.3 is 0 Å². The van der Waals surface area contributed by atoms with E-state index in [1.165, 1.54) is 0 Å². The number of nitrogens with one attached hydrogen (secondary N) is 1. The average Bonchev–Trinajstić information content (AvgIpc) is 2.46. The van der Waals surface area contributed by atoms with Gasteiger partial charge < -0.3 is 10.2 Å². The van der Waals surface area contributed by atoms with E-state index in [4.69, 9.17) is 0 Å². The highest BCUT2D eigenvalue weighted by molar-refractivity contribution is 5.29. The summed E-state index contributed by atoms with van der Waals surface area (Å²) < 4.78 is 0. The zero-order valence-corrected chi connectivity index (χ0v) is 10.3. The van der Waals surface area contributed by atoms with Gasteiger partial charge in [-0.25, -0.2) is 19.9 Å². The summed E-state index contributed by atoms with van der Waals surface area (Å²) in [4.78, 5) is 18.8. The van der Waals surface area contributed by atoms with Crippen LogP contribution in [0.3, 0.4) is 0 Å². The zero-order chi connectivity index (χ0) is 12.6. The predicted molar refractivity (Wildman–Crippen MR) is 70.4 cm³/mol. The van der Waals surface area contributed by atoms with Crippen molar-refractivity contribution in [2.24, 2.45) is 0 Å². The molecule has 0 atom stereocenters. The van der Waals surface area contributed by atoms with Crippen molar-refractivity contribution in [2.75, 3.05) is 29.9 Å². The molecule has 2 rings (SSSR count).